The molecule has 4 N–H and O–H groups in total. The van der Waals surface area contributed by atoms with Gasteiger partial charge in [0.05, 0.1) is 12.7 Å². The van der Waals surface area contributed by atoms with Gasteiger partial charge >= 0.3 is 0 Å². The third kappa shape index (κ3) is 2.84. The molecule has 2 atom stereocenters. The summed E-state index contributed by atoms with van der Waals surface area (Å²) in [5.41, 5.74) is 5.76. The van der Waals surface area contributed by atoms with Crippen molar-refractivity contribution in [3.63, 3.8) is 0 Å². The molecule has 1 aliphatic rings. The summed E-state index contributed by atoms with van der Waals surface area (Å²) in [4.78, 5) is 11.8. The van der Waals surface area contributed by atoms with Crippen molar-refractivity contribution in [2.75, 3.05) is 19.8 Å². The van der Waals surface area contributed by atoms with E-state index < -0.39 is 11.6 Å². The normalized spacial score (nSPS) is 25.8. The predicted molar refractivity (Wildman–Crippen MR) is 64.6 cm³/mol. The highest BCUT2D eigenvalue weighted by Crippen LogP contribution is 2.17. The minimum Gasteiger partial charge on any atom is -0.387 e. The number of ether oxygens (including phenoxy) is 1. The number of thiophene rings is 1. The Morgan fingerprint density at radius 2 is 2.59 bits per heavy atom. The van der Waals surface area contributed by atoms with Gasteiger partial charge in [-0.25, -0.2) is 0 Å². The van der Waals surface area contributed by atoms with E-state index in [4.69, 9.17) is 10.5 Å². The highest BCUT2D eigenvalue weighted by molar-refractivity contribution is 7.07. The van der Waals surface area contributed by atoms with Crippen LogP contribution in [0.15, 0.2) is 16.8 Å². The van der Waals surface area contributed by atoms with Crippen LogP contribution in [-0.4, -0.2) is 36.3 Å². The molecular weight excluding hydrogens is 240 g/mol. The second-order valence-corrected chi connectivity index (χ2v) is 5.02. The number of amides is 1. The second-order valence-electron chi connectivity index (χ2n) is 4.24. The number of carbonyl (C=O) groups is 1. The maximum Gasteiger partial charge on any atom is 0.242 e. The fraction of sp³-hybridized carbons (Fsp3) is 0.545. The molecule has 6 heteroatoms. The van der Waals surface area contributed by atoms with Crippen LogP contribution in [0, 0.1) is 0 Å². The number of nitrogens with one attached hydrogen (secondary N) is 1. The van der Waals surface area contributed by atoms with E-state index in [1.165, 1.54) is 11.3 Å². The monoisotopic (exact) mass is 256 g/mol. The van der Waals surface area contributed by atoms with E-state index in [-0.39, 0.29) is 19.1 Å². The topological polar surface area (TPSA) is 84.6 Å². The van der Waals surface area contributed by atoms with Gasteiger partial charge in [-0.05, 0) is 28.8 Å². The molecule has 1 aromatic heterocycles. The summed E-state index contributed by atoms with van der Waals surface area (Å²) in [6.07, 6.45) is -0.163. The molecule has 5 nitrogen and oxygen atoms in total. The van der Waals surface area contributed by atoms with Crippen molar-refractivity contribution >= 4 is 17.2 Å². The quantitative estimate of drug-likeness (QED) is 0.709. The van der Waals surface area contributed by atoms with Crippen LogP contribution >= 0.6 is 11.3 Å². The lowest BCUT2D eigenvalue weighted by Crippen LogP contribution is -2.55. The fourth-order valence-corrected chi connectivity index (χ4v) is 2.41. The molecule has 2 heterocycles. The zero-order chi connectivity index (χ0) is 12.3. The number of nitrogens with two attached hydrogens (primary N) is 1. The molecule has 0 radical (unpaired) electrons. The predicted octanol–water partition coefficient (Wildman–Crippen LogP) is 0.0155. The van der Waals surface area contributed by atoms with Crippen LogP contribution in [0.3, 0.4) is 0 Å². The molecular formula is C11H16N2O3S. The summed E-state index contributed by atoms with van der Waals surface area (Å²) in [6, 6.07) is 1.83. The molecule has 0 aromatic carbocycles. The standard InChI is InChI=1S/C11H16N2O3S/c12-11(2-3-16-7-11)10(15)13-5-9(14)8-1-4-17-6-8/h1,4,6,9,14H,2-3,5,7,12H2,(H,13,15). The molecule has 1 aliphatic heterocycles. The summed E-state index contributed by atoms with van der Waals surface area (Å²) in [7, 11) is 0. The first kappa shape index (κ1) is 12.5. The molecule has 2 rings (SSSR count). The van der Waals surface area contributed by atoms with Gasteiger partial charge in [0.1, 0.15) is 5.54 Å². The summed E-state index contributed by atoms with van der Waals surface area (Å²) in [6.45, 7) is 0.929. The lowest BCUT2D eigenvalue weighted by molar-refractivity contribution is -0.126. The van der Waals surface area contributed by atoms with Gasteiger partial charge in [0.15, 0.2) is 0 Å². The van der Waals surface area contributed by atoms with Gasteiger partial charge in [-0.2, -0.15) is 11.3 Å². The Kier molecular flexibility index (Phi) is 3.78. The van der Waals surface area contributed by atoms with Crippen molar-refractivity contribution in [1.82, 2.24) is 5.32 Å². The molecule has 0 aliphatic carbocycles. The molecule has 1 saturated heterocycles. The van der Waals surface area contributed by atoms with Crippen LogP contribution in [0.5, 0.6) is 0 Å². The van der Waals surface area contributed by atoms with Gasteiger partial charge in [0, 0.05) is 13.2 Å². The van der Waals surface area contributed by atoms with Gasteiger partial charge in [0.25, 0.3) is 0 Å². The van der Waals surface area contributed by atoms with E-state index >= 15 is 0 Å². The maximum absolute atomic E-state index is 11.8. The molecule has 0 spiro atoms. The Labute approximate surface area is 104 Å². The Morgan fingerprint density at radius 1 is 1.76 bits per heavy atom. The van der Waals surface area contributed by atoms with Crippen molar-refractivity contribution in [3.05, 3.63) is 22.4 Å². The second kappa shape index (κ2) is 5.14. The molecule has 0 saturated carbocycles. The number of aliphatic hydroxyl groups is 1. The van der Waals surface area contributed by atoms with Crippen molar-refractivity contribution < 1.29 is 14.6 Å². The Bertz CT molecular complexity index is 374. The molecule has 0 bridgehead atoms. The van der Waals surface area contributed by atoms with Gasteiger partial charge in [-0.15, -0.1) is 0 Å². The Balaban J connectivity index is 1.84. The van der Waals surface area contributed by atoms with Crippen molar-refractivity contribution in [2.45, 2.75) is 18.1 Å². The molecule has 1 aromatic rings. The van der Waals surface area contributed by atoms with E-state index in [1.807, 2.05) is 16.8 Å². The summed E-state index contributed by atoms with van der Waals surface area (Å²) >= 11 is 1.51. The average molecular weight is 256 g/mol. The van der Waals surface area contributed by atoms with Crippen molar-refractivity contribution in [2.24, 2.45) is 5.73 Å². The highest BCUT2D eigenvalue weighted by Gasteiger charge is 2.38. The van der Waals surface area contributed by atoms with E-state index in [0.29, 0.717) is 13.0 Å². The lowest BCUT2D eigenvalue weighted by atomic mass is 9.99. The SMILES string of the molecule is NC1(C(=O)NCC(O)c2ccsc2)CCOC1. The van der Waals surface area contributed by atoms with E-state index in [0.717, 1.165) is 5.56 Å². The smallest absolute Gasteiger partial charge is 0.242 e. The van der Waals surface area contributed by atoms with Crippen LogP contribution in [-0.2, 0) is 9.53 Å². The fourth-order valence-electron chi connectivity index (χ4n) is 1.71. The van der Waals surface area contributed by atoms with Crippen molar-refractivity contribution in [1.29, 1.82) is 0 Å². The number of hydrogen-bond acceptors (Lipinski definition) is 5. The van der Waals surface area contributed by atoms with Crippen LogP contribution < -0.4 is 11.1 Å². The first-order valence-electron chi connectivity index (χ1n) is 5.47. The molecule has 2 unspecified atom stereocenters. The number of hydrogen-bond donors (Lipinski definition) is 3. The Hall–Kier alpha value is -0.950. The summed E-state index contributed by atoms with van der Waals surface area (Å²) in [5.74, 6) is -0.260. The van der Waals surface area contributed by atoms with Gasteiger partial charge in [-0.1, -0.05) is 0 Å². The lowest BCUT2D eigenvalue weighted by Gasteiger charge is -2.21. The largest absolute Gasteiger partial charge is 0.387 e. The Morgan fingerprint density at radius 3 is 3.18 bits per heavy atom. The van der Waals surface area contributed by atoms with Crippen LogP contribution in [0.25, 0.3) is 0 Å². The summed E-state index contributed by atoms with van der Waals surface area (Å²) < 4.78 is 5.11. The van der Waals surface area contributed by atoms with Crippen LogP contribution in [0.1, 0.15) is 18.1 Å². The first-order valence-corrected chi connectivity index (χ1v) is 6.41. The third-order valence-electron chi connectivity index (χ3n) is 2.89. The third-order valence-corrected chi connectivity index (χ3v) is 3.59. The first-order chi connectivity index (χ1) is 8.12. The molecule has 17 heavy (non-hydrogen) atoms. The van der Waals surface area contributed by atoms with E-state index in [2.05, 4.69) is 5.32 Å². The zero-order valence-electron chi connectivity index (χ0n) is 9.39. The van der Waals surface area contributed by atoms with Crippen LogP contribution in [0.2, 0.25) is 0 Å². The minimum absolute atomic E-state index is 0.175. The van der Waals surface area contributed by atoms with Gasteiger partial charge in [-0.3, -0.25) is 4.79 Å². The molecule has 1 amide bonds. The number of aliphatic hydroxyl groups excluding tert-OH is 1. The molecule has 1 fully saturated rings. The van der Waals surface area contributed by atoms with Gasteiger partial charge < -0.3 is 20.9 Å². The number of rotatable bonds is 4. The average Bonchev–Trinajstić information content (AvgIpc) is 2.96. The van der Waals surface area contributed by atoms with Crippen molar-refractivity contribution in [3.8, 4) is 0 Å². The maximum atomic E-state index is 11.8. The van der Waals surface area contributed by atoms with E-state index in [9.17, 15) is 9.90 Å². The zero-order valence-corrected chi connectivity index (χ0v) is 10.2. The molecule has 94 valence electrons. The van der Waals surface area contributed by atoms with Crippen LogP contribution in [0.4, 0.5) is 0 Å². The highest BCUT2D eigenvalue weighted by atomic mass is 32.1. The number of carbonyl (C=O) groups excluding carboxylic acids is 1. The minimum atomic E-state index is -0.936. The van der Waals surface area contributed by atoms with E-state index in [1.54, 1.807) is 0 Å². The van der Waals surface area contributed by atoms with Gasteiger partial charge in [0.2, 0.25) is 5.91 Å². The summed E-state index contributed by atoms with van der Waals surface area (Å²) in [5, 5.41) is 16.2.